The number of carbonyl (C=O) groups excluding carboxylic acids is 1. The second-order valence-electron chi connectivity index (χ2n) is 5.72. The fourth-order valence-corrected chi connectivity index (χ4v) is 2.51. The number of hydrogen-bond acceptors (Lipinski definition) is 4. The fourth-order valence-electron chi connectivity index (χ4n) is 2.51. The first kappa shape index (κ1) is 18.3. The van der Waals surface area contributed by atoms with E-state index in [0.717, 1.165) is 17.1 Å². The van der Waals surface area contributed by atoms with E-state index < -0.39 is 0 Å². The number of hydrogen-bond donors (Lipinski definition) is 1. The van der Waals surface area contributed by atoms with Crippen LogP contribution in [-0.4, -0.2) is 26.2 Å². The Morgan fingerprint density at radius 2 is 1.74 bits per heavy atom. The lowest BCUT2D eigenvalue weighted by Crippen LogP contribution is -2.28. The number of furan rings is 1. The van der Waals surface area contributed by atoms with Crippen LogP contribution in [-0.2, 0) is 4.79 Å². The molecule has 1 heterocycles. The summed E-state index contributed by atoms with van der Waals surface area (Å²) < 4.78 is 16.1. The van der Waals surface area contributed by atoms with E-state index in [-0.39, 0.29) is 5.91 Å². The highest BCUT2D eigenvalue weighted by molar-refractivity contribution is 6.24. The minimum atomic E-state index is -0.184. The minimum absolute atomic E-state index is 0.184. The van der Waals surface area contributed by atoms with E-state index >= 15 is 0 Å². The zero-order valence-corrected chi connectivity index (χ0v) is 15.1. The SMILES string of the molecule is COc1ccc(OCCNC(=O)/C(=C/c2ccco2)c2ccccc2)cc1. The fraction of sp³-hybridized carbons (Fsp3) is 0.136. The van der Waals surface area contributed by atoms with Gasteiger partial charge in [0.1, 0.15) is 23.9 Å². The molecule has 1 N–H and O–H groups in total. The normalized spacial score (nSPS) is 11.1. The first-order chi connectivity index (χ1) is 13.3. The molecule has 0 saturated carbocycles. The highest BCUT2D eigenvalue weighted by atomic mass is 16.5. The molecule has 0 unspecified atom stereocenters. The van der Waals surface area contributed by atoms with Crippen molar-refractivity contribution in [1.82, 2.24) is 5.32 Å². The maximum atomic E-state index is 12.7. The van der Waals surface area contributed by atoms with E-state index in [1.807, 2.05) is 60.7 Å². The summed E-state index contributed by atoms with van der Waals surface area (Å²) in [7, 11) is 1.62. The molecular formula is C22H21NO4. The summed E-state index contributed by atoms with van der Waals surface area (Å²) in [6, 6.07) is 20.4. The van der Waals surface area contributed by atoms with Crippen molar-refractivity contribution in [3.63, 3.8) is 0 Å². The van der Waals surface area contributed by atoms with Crippen molar-refractivity contribution >= 4 is 17.6 Å². The van der Waals surface area contributed by atoms with Crippen molar-refractivity contribution in [2.45, 2.75) is 0 Å². The Kier molecular flexibility index (Phi) is 6.30. The molecule has 138 valence electrons. The third-order valence-corrected chi connectivity index (χ3v) is 3.87. The second kappa shape index (κ2) is 9.29. The van der Waals surface area contributed by atoms with Crippen molar-refractivity contribution in [2.24, 2.45) is 0 Å². The lowest BCUT2D eigenvalue weighted by atomic mass is 10.0. The van der Waals surface area contributed by atoms with Gasteiger partial charge in [0.15, 0.2) is 0 Å². The number of rotatable bonds is 8. The van der Waals surface area contributed by atoms with Gasteiger partial charge < -0.3 is 19.2 Å². The lowest BCUT2D eigenvalue weighted by molar-refractivity contribution is -0.115. The van der Waals surface area contributed by atoms with Crippen LogP contribution in [0, 0.1) is 0 Å². The first-order valence-electron chi connectivity index (χ1n) is 8.62. The van der Waals surface area contributed by atoms with Gasteiger partial charge in [0.25, 0.3) is 5.91 Å². The van der Waals surface area contributed by atoms with Gasteiger partial charge in [0.05, 0.1) is 25.5 Å². The molecule has 0 fully saturated rings. The molecule has 3 aromatic rings. The molecular weight excluding hydrogens is 342 g/mol. The van der Waals surface area contributed by atoms with Crippen molar-refractivity contribution in [1.29, 1.82) is 0 Å². The topological polar surface area (TPSA) is 60.7 Å². The Hall–Kier alpha value is -3.47. The van der Waals surface area contributed by atoms with Crippen molar-refractivity contribution in [2.75, 3.05) is 20.3 Å². The summed E-state index contributed by atoms with van der Waals surface area (Å²) in [6.45, 7) is 0.744. The minimum Gasteiger partial charge on any atom is -0.497 e. The Balaban J connectivity index is 1.59. The Morgan fingerprint density at radius 1 is 1.00 bits per heavy atom. The first-order valence-corrected chi connectivity index (χ1v) is 8.62. The summed E-state index contributed by atoms with van der Waals surface area (Å²) in [5, 5.41) is 2.89. The third-order valence-electron chi connectivity index (χ3n) is 3.87. The van der Waals surface area contributed by atoms with E-state index in [0.29, 0.717) is 24.5 Å². The predicted molar refractivity (Wildman–Crippen MR) is 105 cm³/mol. The maximum absolute atomic E-state index is 12.7. The van der Waals surface area contributed by atoms with Crippen LogP contribution in [0.2, 0.25) is 0 Å². The van der Waals surface area contributed by atoms with Crippen molar-refractivity contribution < 1.29 is 18.7 Å². The van der Waals surface area contributed by atoms with Crippen LogP contribution in [0.1, 0.15) is 11.3 Å². The summed E-state index contributed by atoms with van der Waals surface area (Å²) in [5.74, 6) is 1.93. The number of carbonyl (C=O) groups is 1. The van der Waals surface area contributed by atoms with E-state index in [2.05, 4.69) is 5.32 Å². The van der Waals surface area contributed by atoms with Crippen LogP contribution in [0.3, 0.4) is 0 Å². The van der Waals surface area contributed by atoms with E-state index in [9.17, 15) is 4.79 Å². The molecule has 0 bridgehead atoms. The summed E-state index contributed by atoms with van der Waals surface area (Å²) in [6.07, 6.45) is 3.31. The average molecular weight is 363 g/mol. The number of amides is 1. The van der Waals surface area contributed by atoms with Gasteiger partial charge >= 0.3 is 0 Å². The predicted octanol–water partition coefficient (Wildman–Crippen LogP) is 4.02. The van der Waals surface area contributed by atoms with E-state index in [1.165, 1.54) is 0 Å². The quantitative estimate of drug-likeness (QED) is 0.485. The van der Waals surface area contributed by atoms with Gasteiger partial charge in [-0.15, -0.1) is 0 Å². The molecule has 0 aliphatic rings. The number of methoxy groups -OCH3 is 1. The van der Waals surface area contributed by atoms with Gasteiger partial charge in [-0.2, -0.15) is 0 Å². The highest BCUT2D eigenvalue weighted by Gasteiger charge is 2.12. The molecule has 1 aromatic heterocycles. The van der Waals surface area contributed by atoms with Gasteiger partial charge in [-0.25, -0.2) is 0 Å². The Morgan fingerprint density at radius 3 is 2.41 bits per heavy atom. The standard InChI is InChI=1S/C22H21NO4/c1-25-18-9-11-19(12-10-18)27-15-13-23-22(24)21(16-20-8-5-14-26-20)17-6-3-2-4-7-17/h2-12,14,16H,13,15H2,1H3,(H,23,24)/b21-16+. The van der Waals surface area contributed by atoms with Crippen LogP contribution >= 0.6 is 0 Å². The highest BCUT2D eigenvalue weighted by Crippen LogP contribution is 2.19. The van der Waals surface area contributed by atoms with Crippen molar-refractivity contribution in [3.8, 4) is 11.5 Å². The molecule has 0 aliphatic heterocycles. The summed E-state index contributed by atoms with van der Waals surface area (Å²) >= 11 is 0. The summed E-state index contributed by atoms with van der Waals surface area (Å²) in [5.41, 5.74) is 1.36. The number of benzene rings is 2. The molecule has 0 aliphatic carbocycles. The molecule has 0 spiro atoms. The largest absolute Gasteiger partial charge is 0.497 e. The Labute approximate surface area is 158 Å². The monoisotopic (exact) mass is 363 g/mol. The molecule has 27 heavy (non-hydrogen) atoms. The van der Waals surface area contributed by atoms with E-state index in [4.69, 9.17) is 13.9 Å². The van der Waals surface area contributed by atoms with Crippen molar-refractivity contribution in [3.05, 3.63) is 84.3 Å². The van der Waals surface area contributed by atoms with Gasteiger partial charge in [-0.3, -0.25) is 4.79 Å². The van der Waals surface area contributed by atoms with E-state index in [1.54, 1.807) is 25.5 Å². The van der Waals surface area contributed by atoms with Gasteiger partial charge in [-0.05, 0) is 48.0 Å². The molecule has 0 atom stereocenters. The third kappa shape index (κ3) is 5.25. The molecule has 2 aromatic carbocycles. The van der Waals surface area contributed by atoms with Gasteiger partial charge in [0.2, 0.25) is 0 Å². The molecule has 5 nitrogen and oxygen atoms in total. The number of ether oxygens (including phenoxy) is 2. The van der Waals surface area contributed by atoms with Gasteiger partial charge in [0, 0.05) is 0 Å². The maximum Gasteiger partial charge on any atom is 0.252 e. The van der Waals surface area contributed by atoms with Crippen LogP contribution in [0.25, 0.3) is 11.6 Å². The Bertz CT molecular complexity index is 868. The molecule has 0 saturated heterocycles. The molecule has 0 radical (unpaired) electrons. The second-order valence-corrected chi connectivity index (χ2v) is 5.72. The zero-order chi connectivity index (χ0) is 18.9. The van der Waals surface area contributed by atoms with Crippen LogP contribution < -0.4 is 14.8 Å². The smallest absolute Gasteiger partial charge is 0.252 e. The zero-order valence-electron chi connectivity index (χ0n) is 15.1. The van der Waals surface area contributed by atoms with Crippen LogP contribution in [0.15, 0.2) is 77.4 Å². The molecule has 5 heteroatoms. The molecule has 1 amide bonds. The molecule has 3 rings (SSSR count). The number of nitrogens with one attached hydrogen (secondary N) is 1. The van der Waals surface area contributed by atoms with Crippen LogP contribution in [0.4, 0.5) is 0 Å². The summed E-state index contributed by atoms with van der Waals surface area (Å²) in [4.78, 5) is 12.7. The van der Waals surface area contributed by atoms with Crippen LogP contribution in [0.5, 0.6) is 11.5 Å². The van der Waals surface area contributed by atoms with Gasteiger partial charge in [-0.1, -0.05) is 30.3 Å². The lowest BCUT2D eigenvalue weighted by Gasteiger charge is -2.10. The average Bonchev–Trinajstić information content (AvgIpc) is 3.23.